The van der Waals surface area contributed by atoms with Gasteiger partial charge in [0.1, 0.15) is 0 Å². The van der Waals surface area contributed by atoms with Crippen LogP contribution in [0.15, 0.2) is 48.9 Å². The lowest BCUT2D eigenvalue weighted by molar-refractivity contribution is -0.104. The van der Waals surface area contributed by atoms with Crippen molar-refractivity contribution in [2.24, 2.45) is 0 Å². The van der Waals surface area contributed by atoms with Crippen LogP contribution < -0.4 is 5.32 Å². The van der Waals surface area contributed by atoms with Crippen molar-refractivity contribution in [1.29, 1.82) is 0 Å². The van der Waals surface area contributed by atoms with Crippen molar-refractivity contribution in [3.8, 4) is 0 Å². The highest BCUT2D eigenvalue weighted by Crippen LogP contribution is 2.49. The van der Waals surface area contributed by atoms with Crippen molar-refractivity contribution in [2.45, 2.75) is 62.4 Å². The quantitative estimate of drug-likeness (QED) is 0.752. The minimum absolute atomic E-state index is 0.103. The zero-order valence-electron chi connectivity index (χ0n) is 16.2. The van der Waals surface area contributed by atoms with E-state index in [-0.39, 0.29) is 11.0 Å². The maximum absolute atomic E-state index is 6.33. The molecule has 3 heterocycles. The van der Waals surface area contributed by atoms with E-state index in [4.69, 9.17) is 9.72 Å². The Labute approximate surface area is 162 Å². The van der Waals surface area contributed by atoms with E-state index in [0.717, 1.165) is 45.4 Å². The van der Waals surface area contributed by atoms with E-state index in [9.17, 15) is 0 Å². The zero-order chi connectivity index (χ0) is 18.4. The van der Waals surface area contributed by atoms with Crippen LogP contribution in [0.4, 0.5) is 0 Å². The highest BCUT2D eigenvalue weighted by Gasteiger charge is 2.48. The summed E-state index contributed by atoms with van der Waals surface area (Å²) in [7, 11) is 0. The summed E-state index contributed by atoms with van der Waals surface area (Å²) < 4.78 is 6.33. The summed E-state index contributed by atoms with van der Waals surface area (Å²) in [6.07, 6.45) is 15.1. The van der Waals surface area contributed by atoms with Crippen molar-refractivity contribution in [3.63, 3.8) is 0 Å². The van der Waals surface area contributed by atoms with Crippen LogP contribution in [0.1, 0.15) is 56.2 Å². The molecule has 2 aromatic rings. The fourth-order valence-corrected chi connectivity index (χ4v) is 5.03. The number of aromatic nitrogens is 2. The van der Waals surface area contributed by atoms with Gasteiger partial charge in [0.2, 0.25) is 0 Å². The molecule has 1 atom stereocenters. The zero-order valence-corrected chi connectivity index (χ0v) is 16.2. The second-order valence-electron chi connectivity index (χ2n) is 8.27. The van der Waals surface area contributed by atoms with Gasteiger partial charge in [0.25, 0.3) is 0 Å². The summed E-state index contributed by atoms with van der Waals surface area (Å²) in [5, 5.41) is 3.66. The molecule has 1 saturated heterocycles. The van der Waals surface area contributed by atoms with Crippen molar-refractivity contribution in [1.82, 2.24) is 15.3 Å². The maximum atomic E-state index is 6.33. The summed E-state index contributed by atoms with van der Waals surface area (Å²) >= 11 is 0. The lowest BCUT2D eigenvalue weighted by atomic mass is 9.68. The molecule has 0 amide bonds. The average molecular weight is 366 g/mol. The average Bonchev–Trinajstić information content (AvgIpc) is 3.16. The standard InChI is InChI=1S/C23H31N3O/c1-4-14-26-21(7-1)22(12-17-27-23(19-22)9-2-3-10-23)11-16-24-15-8-20-6-5-13-25-18-20/h1,4-7,13-14,18,24H,2-3,8-12,15-17,19H2/t22-/m0/s1. The number of rotatable bonds is 7. The maximum Gasteiger partial charge on any atom is 0.0691 e. The number of hydrogen-bond acceptors (Lipinski definition) is 4. The first-order chi connectivity index (χ1) is 13.3. The highest BCUT2D eigenvalue weighted by atomic mass is 16.5. The molecule has 4 nitrogen and oxygen atoms in total. The van der Waals surface area contributed by atoms with E-state index >= 15 is 0 Å². The molecule has 2 aliphatic rings. The van der Waals surface area contributed by atoms with E-state index < -0.39 is 0 Å². The van der Waals surface area contributed by atoms with E-state index in [1.807, 2.05) is 30.7 Å². The van der Waals surface area contributed by atoms with Crippen molar-refractivity contribution < 1.29 is 4.74 Å². The molecule has 1 N–H and O–H groups in total. The minimum atomic E-state index is 0.103. The first-order valence-electron chi connectivity index (χ1n) is 10.5. The molecule has 144 valence electrons. The van der Waals surface area contributed by atoms with Gasteiger partial charge in [0, 0.05) is 36.3 Å². The van der Waals surface area contributed by atoms with Crippen molar-refractivity contribution in [3.05, 3.63) is 60.2 Å². The van der Waals surface area contributed by atoms with Crippen LogP contribution in [0.5, 0.6) is 0 Å². The molecule has 27 heavy (non-hydrogen) atoms. The number of nitrogens with one attached hydrogen (secondary N) is 1. The third kappa shape index (κ3) is 4.39. The van der Waals surface area contributed by atoms with Gasteiger partial charge in [0.05, 0.1) is 5.60 Å². The lowest BCUT2D eigenvalue weighted by Gasteiger charge is -2.46. The van der Waals surface area contributed by atoms with E-state index in [1.54, 1.807) is 0 Å². The predicted molar refractivity (Wildman–Crippen MR) is 108 cm³/mol. The Morgan fingerprint density at radius 1 is 1.00 bits per heavy atom. The van der Waals surface area contributed by atoms with E-state index in [1.165, 1.54) is 36.9 Å². The largest absolute Gasteiger partial charge is 0.375 e. The van der Waals surface area contributed by atoms with Gasteiger partial charge in [-0.2, -0.15) is 0 Å². The van der Waals surface area contributed by atoms with Gasteiger partial charge < -0.3 is 10.1 Å². The summed E-state index contributed by atoms with van der Waals surface area (Å²) in [5.41, 5.74) is 2.80. The predicted octanol–water partition coefficient (Wildman–Crippen LogP) is 4.06. The van der Waals surface area contributed by atoms with Crippen LogP contribution in [0.2, 0.25) is 0 Å². The molecule has 0 radical (unpaired) electrons. The van der Waals surface area contributed by atoms with Gasteiger partial charge in [0.15, 0.2) is 0 Å². The molecule has 4 rings (SSSR count). The highest BCUT2D eigenvalue weighted by molar-refractivity contribution is 5.20. The van der Waals surface area contributed by atoms with Gasteiger partial charge in [-0.3, -0.25) is 9.97 Å². The lowest BCUT2D eigenvalue weighted by Crippen LogP contribution is -2.47. The van der Waals surface area contributed by atoms with Crippen LogP contribution in [-0.4, -0.2) is 35.3 Å². The Hall–Kier alpha value is -1.78. The number of nitrogens with zero attached hydrogens (tertiary/aromatic N) is 2. The molecule has 1 aliphatic heterocycles. The van der Waals surface area contributed by atoms with Gasteiger partial charge in [-0.05, 0) is 75.4 Å². The van der Waals surface area contributed by atoms with Gasteiger partial charge in [-0.25, -0.2) is 0 Å². The Morgan fingerprint density at radius 2 is 1.93 bits per heavy atom. The Balaban J connectivity index is 1.40. The monoisotopic (exact) mass is 365 g/mol. The molecular weight excluding hydrogens is 334 g/mol. The van der Waals surface area contributed by atoms with Crippen LogP contribution in [-0.2, 0) is 16.6 Å². The van der Waals surface area contributed by atoms with E-state index in [0.29, 0.717) is 0 Å². The fourth-order valence-electron chi connectivity index (χ4n) is 5.03. The molecule has 1 saturated carbocycles. The number of hydrogen-bond donors (Lipinski definition) is 1. The summed E-state index contributed by atoms with van der Waals surface area (Å²) in [6.45, 7) is 2.88. The summed E-state index contributed by atoms with van der Waals surface area (Å²) in [5.74, 6) is 0. The Morgan fingerprint density at radius 3 is 2.70 bits per heavy atom. The second kappa shape index (κ2) is 8.49. The van der Waals surface area contributed by atoms with E-state index in [2.05, 4.69) is 28.5 Å². The van der Waals surface area contributed by atoms with Gasteiger partial charge in [-0.15, -0.1) is 0 Å². The molecule has 0 bridgehead atoms. The smallest absolute Gasteiger partial charge is 0.0691 e. The van der Waals surface area contributed by atoms with Crippen molar-refractivity contribution in [2.75, 3.05) is 19.7 Å². The van der Waals surface area contributed by atoms with Crippen molar-refractivity contribution >= 4 is 0 Å². The molecule has 1 aliphatic carbocycles. The molecular formula is C23H31N3O. The molecule has 4 heteroatoms. The van der Waals surface area contributed by atoms with Crippen LogP contribution >= 0.6 is 0 Å². The van der Waals surface area contributed by atoms with Gasteiger partial charge in [-0.1, -0.05) is 25.0 Å². The summed E-state index contributed by atoms with van der Waals surface area (Å²) in [4.78, 5) is 8.98. The first kappa shape index (κ1) is 18.6. The minimum Gasteiger partial charge on any atom is -0.375 e. The first-order valence-corrected chi connectivity index (χ1v) is 10.5. The van der Waals surface area contributed by atoms with Crippen LogP contribution in [0, 0.1) is 0 Å². The van der Waals surface area contributed by atoms with Crippen LogP contribution in [0.25, 0.3) is 0 Å². The third-order valence-electron chi connectivity index (χ3n) is 6.47. The Bertz CT molecular complexity index is 700. The summed E-state index contributed by atoms with van der Waals surface area (Å²) in [6, 6.07) is 10.5. The topological polar surface area (TPSA) is 47.0 Å². The normalized spacial score (nSPS) is 24.3. The number of ether oxygens (including phenoxy) is 1. The Kier molecular flexibility index (Phi) is 5.84. The molecule has 2 fully saturated rings. The third-order valence-corrected chi connectivity index (χ3v) is 6.47. The molecule has 1 spiro atoms. The molecule has 0 aromatic carbocycles. The SMILES string of the molecule is c1ccc([C@@]2(CCNCCc3cccnc3)CCOC3(CCCC3)C2)nc1. The molecule has 2 aromatic heterocycles. The number of pyridine rings is 2. The second-order valence-corrected chi connectivity index (χ2v) is 8.27. The van der Waals surface area contributed by atoms with Gasteiger partial charge >= 0.3 is 0 Å². The fraction of sp³-hybridized carbons (Fsp3) is 0.565. The molecule has 0 unspecified atom stereocenters. The van der Waals surface area contributed by atoms with Crippen LogP contribution in [0.3, 0.4) is 0 Å².